The van der Waals surface area contributed by atoms with E-state index < -0.39 is 28.5 Å². The molecule has 0 aliphatic carbocycles. The van der Waals surface area contributed by atoms with Crippen LogP contribution in [0.1, 0.15) is 23.6 Å². The Morgan fingerprint density at radius 3 is 2.19 bits per heavy atom. The van der Waals surface area contributed by atoms with Crippen molar-refractivity contribution in [3.05, 3.63) is 94.5 Å². The summed E-state index contributed by atoms with van der Waals surface area (Å²) in [5.41, 5.74) is 2.85. The first-order valence-electron chi connectivity index (χ1n) is 11.5. The van der Waals surface area contributed by atoms with E-state index in [2.05, 4.69) is 5.32 Å². The number of aryl methyl sites for hydroxylation is 2. The summed E-state index contributed by atoms with van der Waals surface area (Å²) in [5.74, 6) is -0.877. The van der Waals surface area contributed by atoms with Gasteiger partial charge in [0.15, 0.2) is 0 Å². The molecule has 0 saturated heterocycles. The molecule has 7 nitrogen and oxygen atoms in total. The van der Waals surface area contributed by atoms with Gasteiger partial charge in [-0.1, -0.05) is 60.1 Å². The van der Waals surface area contributed by atoms with Gasteiger partial charge in [-0.2, -0.15) is 0 Å². The summed E-state index contributed by atoms with van der Waals surface area (Å²) in [7, 11) is -2.62. The fraction of sp³-hybridized carbons (Fsp3) is 0.259. The molecule has 1 atom stereocenters. The van der Waals surface area contributed by atoms with Crippen molar-refractivity contribution in [1.82, 2.24) is 10.2 Å². The number of hydrogen-bond donors (Lipinski definition) is 1. The third kappa shape index (κ3) is 6.06. The number of carbonyl (C=O) groups is 2. The van der Waals surface area contributed by atoms with Crippen LogP contribution in [0.5, 0.6) is 0 Å². The molecule has 0 saturated carbocycles. The summed E-state index contributed by atoms with van der Waals surface area (Å²) >= 11 is 6.32. The number of anilines is 1. The molecule has 3 aromatic rings. The van der Waals surface area contributed by atoms with Gasteiger partial charge in [-0.25, -0.2) is 8.42 Å². The number of likely N-dealkylation sites (N-methyl/N-ethyl adjacent to an activating group) is 1. The van der Waals surface area contributed by atoms with Crippen molar-refractivity contribution in [2.24, 2.45) is 0 Å². The highest BCUT2D eigenvalue weighted by atomic mass is 35.5. The molecule has 0 heterocycles. The lowest BCUT2D eigenvalue weighted by atomic mass is 10.1. The van der Waals surface area contributed by atoms with Crippen LogP contribution in [0.3, 0.4) is 0 Å². The number of benzene rings is 3. The molecule has 0 bridgehead atoms. The van der Waals surface area contributed by atoms with Crippen molar-refractivity contribution in [2.45, 2.75) is 38.3 Å². The molecule has 0 fully saturated rings. The maximum atomic E-state index is 13.7. The smallest absolute Gasteiger partial charge is 0.264 e. The average Bonchev–Trinajstić information content (AvgIpc) is 2.87. The second kappa shape index (κ2) is 11.6. The van der Waals surface area contributed by atoms with Crippen LogP contribution in [0.2, 0.25) is 5.02 Å². The first kappa shape index (κ1) is 27.2. The molecule has 1 unspecified atom stereocenters. The van der Waals surface area contributed by atoms with Crippen LogP contribution in [0.25, 0.3) is 0 Å². The highest BCUT2D eigenvalue weighted by Crippen LogP contribution is 2.28. The maximum absolute atomic E-state index is 13.7. The van der Waals surface area contributed by atoms with E-state index in [1.165, 1.54) is 30.1 Å². The number of sulfonamides is 1. The molecular formula is C27H30ClN3O4S. The Balaban J connectivity index is 2.06. The Morgan fingerprint density at radius 1 is 0.944 bits per heavy atom. The largest absolute Gasteiger partial charge is 0.357 e. The maximum Gasteiger partial charge on any atom is 0.264 e. The minimum absolute atomic E-state index is 0.0410. The quantitative estimate of drug-likeness (QED) is 0.449. The Hall–Kier alpha value is -3.36. The van der Waals surface area contributed by atoms with Gasteiger partial charge in [-0.15, -0.1) is 0 Å². The molecule has 190 valence electrons. The highest BCUT2D eigenvalue weighted by Gasteiger charge is 2.32. The van der Waals surface area contributed by atoms with Gasteiger partial charge in [0.2, 0.25) is 11.8 Å². The number of nitrogens with zero attached hydrogens (tertiary/aromatic N) is 2. The van der Waals surface area contributed by atoms with Gasteiger partial charge in [-0.3, -0.25) is 13.9 Å². The van der Waals surface area contributed by atoms with Gasteiger partial charge in [0.05, 0.1) is 10.6 Å². The number of rotatable bonds is 9. The Labute approximate surface area is 217 Å². The Bertz CT molecular complexity index is 1350. The molecule has 36 heavy (non-hydrogen) atoms. The van der Waals surface area contributed by atoms with E-state index in [9.17, 15) is 18.0 Å². The molecule has 0 aliphatic rings. The van der Waals surface area contributed by atoms with Crippen LogP contribution < -0.4 is 9.62 Å². The van der Waals surface area contributed by atoms with Gasteiger partial charge < -0.3 is 10.2 Å². The second-order valence-corrected chi connectivity index (χ2v) is 10.8. The van der Waals surface area contributed by atoms with Crippen LogP contribution in [-0.2, 0) is 26.2 Å². The predicted octanol–water partition coefficient (Wildman–Crippen LogP) is 4.32. The summed E-state index contributed by atoms with van der Waals surface area (Å²) in [5, 5.41) is 2.95. The fourth-order valence-electron chi connectivity index (χ4n) is 3.75. The lowest BCUT2D eigenvalue weighted by Gasteiger charge is -2.32. The first-order chi connectivity index (χ1) is 17.1. The number of halogens is 1. The summed E-state index contributed by atoms with van der Waals surface area (Å²) in [6.07, 6.45) is 0. The molecule has 2 amide bonds. The molecule has 0 aliphatic heterocycles. The van der Waals surface area contributed by atoms with Gasteiger partial charge in [0.25, 0.3) is 10.0 Å². The van der Waals surface area contributed by atoms with Crippen LogP contribution in [0.4, 0.5) is 5.69 Å². The standard InChI is InChI=1S/C27H30ClN3O4S/c1-19-10-8-9-11-22(19)17-30(21(3)27(33)29-4)26(32)18-31(23-15-14-20(2)25(28)16-23)36(34,35)24-12-6-5-7-13-24/h5-16,21H,17-18H2,1-4H3,(H,29,33). The zero-order valence-corrected chi connectivity index (χ0v) is 22.3. The van der Waals surface area contributed by atoms with E-state index in [0.29, 0.717) is 5.02 Å². The van der Waals surface area contributed by atoms with Gasteiger partial charge in [0, 0.05) is 18.6 Å². The summed E-state index contributed by atoms with van der Waals surface area (Å²) in [4.78, 5) is 27.7. The molecule has 0 radical (unpaired) electrons. The highest BCUT2D eigenvalue weighted by molar-refractivity contribution is 7.92. The normalized spacial score (nSPS) is 12.0. The molecule has 0 aromatic heterocycles. The van der Waals surface area contributed by atoms with Crippen LogP contribution in [-0.4, -0.2) is 44.8 Å². The second-order valence-electron chi connectivity index (χ2n) is 8.50. The summed E-state index contributed by atoms with van der Waals surface area (Å²) < 4.78 is 28.4. The number of amides is 2. The Kier molecular flexibility index (Phi) is 8.76. The molecule has 3 aromatic carbocycles. The first-order valence-corrected chi connectivity index (χ1v) is 13.3. The lowest BCUT2D eigenvalue weighted by molar-refractivity contribution is -0.139. The number of nitrogens with one attached hydrogen (secondary N) is 1. The van der Waals surface area contributed by atoms with Gasteiger partial charge >= 0.3 is 0 Å². The van der Waals surface area contributed by atoms with E-state index in [1.807, 2.05) is 38.1 Å². The van der Waals surface area contributed by atoms with E-state index >= 15 is 0 Å². The summed E-state index contributed by atoms with van der Waals surface area (Å²) in [6.45, 7) is 4.98. The molecule has 0 spiro atoms. The van der Waals surface area contributed by atoms with Crippen molar-refractivity contribution in [3.8, 4) is 0 Å². The SMILES string of the molecule is CNC(=O)C(C)N(Cc1ccccc1C)C(=O)CN(c1ccc(C)c(Cl)c1)S(=O)(=O)c1ccccc1. The fourth-order valence-corrected chi connectivity index (χ4v) is 5.35. The van der Waals surface area contributed by atoms with E-state index in [-0.39, 0.29) is 23.0 Å². The average molecular weight is 528 g/mol. The number of carbonyl (C=O) groups excluding carboxylic acids is 2. The van der Waals surface area contributed by atoms with Crippen molar-refractivity contribution in [1.29, 1.82) is 0 Å². The zero-order valence-electron chi connectivity index (χ0n) is 20.7. The third-order valence-electron chi connectivity index (χ3n) is 6.07. The minimum Gasteiger partial charge on any atom is -0.357 e. The van der Waals surface area contributed by atoms with Crippen molar-refractivity contribution >= 4 is 39.1 Å². The van der Waals surface area contributed by atoms with Crippen LogP contribution >= 0.6 is 11.6 Å². The van der Waals surface area contributed by atoms with Crippen LogP contribution in [0.15, 0.2) is 77.7 Å². The van der Waals surface area contributed by atoms with Gasteiger partial charge in [0.1, 0.15) is 12.6 Å². The summed E-state index contributed by atoms with van der Waals surface area (Å²) in [6, 6.07) is 19.5. The van der Waals surface area contributed by atoms with E-state index in [1.54, 1.807) is 37.3 Å². The molecule has 3 rings (SSSR count). The molecule has 1 N–H and O–H groups in total. The van der Waals surface area contributed by atoms with E-state index in [0.717, 1.165) is 21.0 Å². The lowest BCUT2D eigenvalue weighted by Crippen LogP contribution is -2.50. The number of hydrogen-bond acceptors (Lipinski definition) is 4. The minimum atomic E-state index is -4.12. The topological polar surface area (TPSA) is 86.8 Å². The Morgan fingerprint density at radius 2 is 1.58 bits per heavy atom. The van der Waals surface area contributed by atoms with Crippen molar-refractivity contribution in [3.63, 3.8) is 0 Å². The predicted molar refractivity (Wildman–Crippen MR) is 142 cm³/mol. The molecule has 9 heteroatoms. The third-order valence-corrected chi connectivity index (χ3v) is 8.26. The van der Waals surface area contributed by atoms with Crippen molar-refractivity contribution < 1.29 is 18.0 Å². The van der Waals surface area contributed by atoms with E-state index in [4.69, 9.17) is 11.6 Å². The van der Waals surface area contributed by atoms with Crippen molar-refractivity contribution in [2.75, 3.05) is 17.9 Å². The zero-order chi connectivity index (χ0) is 26.5. The van der Waals surface area contributed by atoms with Crippen LogP contribution in [0, 0.1) is 13.8 Å². The monoisotopic (exact) mass is 527 g/mol. The van der Waals surface area contributed by atoms with Gasteiger partial charge in [-0.05, 0) is 61.7 Å². The molecular weight excluding hydrogens is 498 g/mol.